The van der Waals surface area contributed by atoms with Crippen molar-refractivity contribution in [1.29, 1.82) is 0 Å². The number of thioether (sulfide) groups is 1. The molecular formula is C12H13N3O2S. The highest BCUT2D eigenvalue weighted by atomic mass is 32.2. The molecule has 1 fully saturated rings. The Bertz CT molecular complexity index is 590. The maximum Gasteiger partial charge on any atom is 0.339 e. The lowest BCUT2D eigenvalue weighted by atomic mass is 10.0. The Labute approximate surface area is 108 Å². The lowest BCUT2D eigenvalue weighted by Gasteiger charge is -2.19. The number of carboxylic acids is 1. The summed E-state index contributed by atoms with van der Waals surface area (Å²) in [4.78, 5) is 11.1. The van der Waals surface area contributed by atoms with Crippen LogP contribution in [0.1, 0.15) is 34.9 Å². The summed E-state index contributed by atoms with van der Waals surface area (Å²) in [6.07, 6.45) is 4.13. The number of hydrogen-bond acceptors (Lipinski definition) is 4. The van der Waals surface area contributed by atoms with Gasteiger partial charge >= 0.3 is 5.97 Å². The maximum atomic E-state index is 11.1. The predicted octanol–water partition coefficient (Wildman–Crippen LogP) is 2.04. The third-order valence-corrected chi connectivity index (χ3v) is 4.43. The van der Waals surface area contributed by atoms with Crippen molar-refractivity contribution in [3.05, 3.63) is 29.7 Å². The monoisotopic (exact) mass is 263 g/mol. The zero-order chi connectivity index (χ0) is 12.5. The van der Waals surface area contributed by atoms with Crippen molar-refractivity contribution in [3.63, 3.8) is 0 Å². The van der Waals surface area contributed by atoms with E-state index in [9.17, 15) is 4.79 Å². The lowest BCUT2D eigenvalue weighted by Crippen LogP contribution is -2.12. The standard InChI is InChI=1S/C12H13N3O2S/c16-12(17)9-4-1-5-15-10(13-14-11(9)15)8-3-2-6-18-7-8/h1,4-5,8H,2-3,6-7H2,(H,16,17). The molecule has 1 aliphatic rings. The molecule has 3 rings (SSSR count). The summed E-state index contributed by atoms with van der Waals surface area (Å²) in [6.45, 7) is 0. The van der Waals surface area contributed by atoms with E-state index in [-0.39, 0.29) is 5.56 Å². The molecular weight excluding hydrogens is 250 g/mol. The van der Waals surface area contributed by atoms with Crippen LogP contribution >= 0.6 is 11.8 Å². The first-order valence-corrected chi connectivity index (χ1v) is 7.07. The Morgan fingerprint density at radius 2 is 2.39 bits per heavy atom. The second-order valence-electron chi connectivity index (χ2n) is 4.39. The van der Waals surface area contributed by atoms with E-state index in [2.05, 4.69) is 10.2 Å². The average molecular weight is 263 g/mol. The minimum atomic E-state index is -0.961. The topological polar surface area (TPSA) is 67.5 Å². The largest absolute Gasteiger partial charge is 0.478 e. The molecule has 1 saturated heterocycles. The second-order valence-corrected chi connectivity index (χ2v) is 5.54. The highest BCUT2D eigenvalue weighted by Crippen LogP contribution is 2.30. The summed E-state index contributed by atoms with van der Waals surface area (Å²) < 4.78 is 1.82. The van der Waals surface area contributed by atoms with Gasteiger partial charge in [0.25, 0.3) is 0 Å². The first kappa shape index (κ1) is 11.5. The number of fused-ring (bicyclic) bond motifs is 1. The first-order valence-electron chi connectivity index (χ1n) is 5.92. The molecule has 1 aliphatic heterocycles. The van der Waals surface area contributed by atoms with E-state index in [4.69, 9.17) is 5.11 Å². The van der Waals surface area contributed by atoms with Crippen LogP contribution in [0.25, 0.3) is 5.65 Å². The Morgan fingerprint density at radius 3 is 3.11 bits per heavy atom. The van der Waals surface area contributed by atoms with Crippen molar-refractivity contribution < 1.29 is 9.90 Å². The molecule has 0 amide bonds. The van der Waals surface area contributed by atoms with Gasteiger partial charge in [0, 0.05) is 17.9 Å². The van der Waals surface area contributed by atoms with E-state index in [0.717, 1.165) is 18.0 Å². The molecule has 1 atom stereocenters. The minimum Gasteiger partial charge on any atom is -0.478 e. The van der Waals surface area contributed by atoms with Gasteiger partial charge in [-0.05, 0) is 30.7 Å². The van der Waals surface area contributed by atoms with Crippen LogP contribution < -0.4 is 0 Å². The first-order chi connectivity index (χ1) is 8.77. The summed E-state index contributed by atoms with van der Waals surface area (Å²) >= 11 is 1.92. The van der Waals surface area contributed by atoms with Gasteiger partial charge in [-0.2, -0.15) is 11.8 Å². The molecule has 0 radical (unpaired) electrons. The molecule has 2 aromatic heterocycles. The van der Waals surface area contributed by atoms with E-state index in [1.165, 1.54) is 12.2 Å². The van der Waals surface area contributed by atoms with Gasteiger partial charge in [-0.3, -0.25) is 4.40 Å². The van der Waals surface area contributed by atoms with Crippen molar-refractivity contribution in [2.45, 2.75) is 18.8 Å². The van der Waals surface area contributed by atoms with Crippen LogP contribution in [0.15, 0.2) is 18.3 Å². The van der Waals surface area contributed by atoms with Crippen molar-refractivity contribution in [2.24, 2.45) is 0 Å². The summed E-state index contributed by atoms with van der Waals surface area (Å²) in [5.41, 5.74) is 0.648. The van der Waals surface area contributed by atoms with Gasteiger partial charge in [0.15, 0.2) is 5.65 Å². The number of carbonyl (C=O) groups is 1. The van der Waals surface area contributed by atoms with Gasteiger partial charge in [-0.15, -0.1) is 10.2 Å². The quantitative estimate of drug-likeness (QED) is 0.898. The van der Waals surface area contributed by atoms with Crippen molar-refractivity contribution >= 4 is 23.4 Å². The molecule has 0 saturated carbocycles. The highest BCUT2D eigenvalue weighted by Gasteiger charge is 2.22. The lowest BCUT2D eigenvalue weighted by molar-refractivity contribution is 0.0698. The molecule has 6 heteroatoms. The summed E-state index contributed by atoms with van der Waals surface area (Å²) in [6, 6.07) is 3.30. The predicted molar refractivity (Wildman–Crippen MR) is 69.2 cm³/mol. The molecule has 94 valence electrons. The maximum absolute atomic E-state index is 11.1. The average Bonchev–Trinajstić information content (AvgIpc) is 2.83. The Kier molecular flexibility index (Phi) is 2.95. The van der Waals surface area contributed by atoms with Gasteiger partial charge in [-0.1, -0.05) is 0 Å². The van der Waals surface area contributed by atoms with Crippen molar-refractivity contribution in [1.82, 2.24) is 14.6 Å². The van der Waals surface area contributed by atoms with Crippen LogP contribution in [-0.4, -0.2) is 37.2 Å². The Morgan fingerprint density at radius 1 is 1.50 bits per heavy atom. The van der Waals surface area contributed by atoms with Crippen molar-refractivity contribution in [3.8, 4) is 0 Å². The van der Waals surface area contributed by atoms with E-state index in [1.54, 1.807) is 12.1 Å². The van der Waals surface area contributed by atoms with Crippen LogP contribution in [0.2, 0.25) is 0 Å². The number of carboxylic acid groups (broad SMARTS) is 1. The summed E-state index contributed by atoms with van der Waals surface area (Å²) in [5, 5.41) is 17.4. The minimum absolute atomic E-state index is 0.208. The molecule has 18 heavy (non-hydrogen) atoms. The SMILES string of the molecule is O=C(O)c1cccn2c(C3CCCSC3)nnc12. The third kappa shape index (κ3) is 1.86. The molecule has 0 aliphatic carbocycles. The fourth-order valence-electron chi connectivity index (χ4n) is 2.32. The Balaban J connectivity index is 2.08. The van der Waals surface area contributed by atoms with Gasteiger partial charge in [0.1, 0.15) is 11.4 Å². The molecule has 0 bridgehead atoms. The van der Waals surface area contributed by atoms with E-state index < -0.39 is 5.97 Å². The third-order valence-electron chi connectivity index (χ3n) is 3.22. The number of aromatic nitrogens is 3. The molecule has 0 spiro atoms. The summed E-state index contributed by atoms with van der Waals surface area (Å²) in [5.74, 6) is 2.55. The van der Waals surface area contributed by atoms with Crippen LogP contribution in [0.5, 0.6) is 0 Å². The molecule has 5 nitrogen and oxygen atoms in total. The molecule has 2 aromatic rings. The van der Waals surface area contributed by atoms with E-state index >= 15 is 0 Å². The molecule has 1 unspecified atom stereocenters. The number of aromatic carboxylic acids is 1. The second kappa shape index (κ2) is 4.61. The summed E-state index contributed by atoms with van der Waals surface area (Å²) in [7, 11) is 0. The normalized spacial score (nSPS) is 20.1. The Hall–Kier alpha value is -1.56. The zero-order valence-corrected chi connectivity index (χ0v) is 10.6. The molecule has 3 heterocycles. The van der Waals surface area contributed by atoms with Crippen LogP contribution in [0.3, 0.4) is 0 Å². The van der Waals surface area contributed by atoms with E-state index in [0.29, 0.717) is 11.6 Å². The number of hydrogen-bond donors (Lipinski definition) is 1. The van der Waals surface area contributed by atoms with Crippen LogP contribution in [-0.2, 0) is 0 Å². The molecule has 1 N–H and O–H groups in total. The van der Waals surface area contributed by atoms with Crippen molar-refractivity contribution in [2.75, 3.05) is 11.5 Å². The van der Waals surface area contributed by atoms with E-state index in [1.807, 2.05) is 22.4 Å². The van der Waals surface area contributed by atoms with Gasteiger partial charge in [-0.25, -0.2) is 4.79 Å². The smallest absolute Gasteiger partial charge is 0.339 e. The molecule has 0 aromatic carbocycles. The van der Waals surface area contributed by atoms with Crippen LogP contribution in [0, 0.1) is 0 Å². The fraction of sp³-hybridized carbons (Fsp3) is 0.417. The zero-order valence-electron chi connectivity index (χ0n) is 9.74. The van der Waals surface area contributed by atoms with Gasteiger partial charge in [0.2, 0.25) is 0 Å². The van der Waals surface area contributed by atoms with Crippen LogP contribution in [0.4, 0.5) is 0 Å². The number of pyridine rings is 1. The number of rotatable bonds is 2. The fourth-order valence-corrected chi connectivity index (χ4v) is 3.46. The van der Waals surface area contributed by atoms with Gasteiger partial charge in [0.05, 0.1) is 0 Å². The van der Waals surface area contributed by atoms with Gasteiger partial charge < -0.3 is 5.11 Å². The highest BCUT2D eigenvalue weighted by molar-refractivity contribution is 7.99. The number of nitrogens with zero attached hydrogens (tertiary/aromatic N) is 3.